The van der Waals surface area contributed by atoms with Crippen LogP contribution in [0.15, 0.2) is 12.1 Å². The molecule has 108 valence electrons. The van der Waals surface area contributed by atoms with Gasteiger partial charge >= 0.3 is 0 Å². The second kappa shape index (κ2) is 7.58. The van der Waals surface area contributed by atoms with Gasteiger partial charge in [0.25, 0.3) is 0 Å². The summed E-state index contributed by atoms with van der Waals surface area (Å²) in [5, 5.41) is 13.2. The summed E-state index contributed by atoms with van der Waals surface area (Å²) in [5.41, 5.74) is 0.915. The molecule has 5 heteroatoms. The van der Waals surface area contributed by atoms with Gasteiger partial charge in [-0.1, -0.05) is 25.4 Å². The van der Waals surface area contributed by atoms with Gasteiger partial charge in [0.2, 0.25) is 0 Å². The Kier molecular flexibility index (Phi) is 6.42. The van der Waals surface area contributed by atoms with Crippen molar-refractivity contribution < 1.29 is 14.6 Å². The molecule has 0 aliphatic carbocycles. The van der Waals surface area contributed by atoms with E-state index < -0.39 is 6.10 Å². The summed E-state index contributed by atoms with van der Waals surface area (Å²) in [6.07, 6.45) is -0.536. The van der Waals surface area contributed by atoms with Crippen LogP contribution in [0.25, 0.3) is 0 Å². The van der Waals surface area contributed by atoms with Gasteiger partial charge in [-0.15, -0.1) is 0 Å². The zero-order valence-electron chi connectivity index (χ0n) is 11.9. The minimum atomic E-state index is -0.536. The van der Waals surface area contributed by atoms with Crippen LogP contribution >= 0.6 is 11.6 Å². The molecule has 0 spiro atoms. The molecule has 19 heavy (non-hydrogen) atoms. The lowest BCUT2D eigenvalue weighted by Crippen LogP contribution is -2.23. The predicted molar refractivity (Wildman–Crippen MR) is 77.2 cm³/mol. The van der Waals surface area contributed by atoms with E-state index in [1.165, 1.54) is 0 Å². The van der Waals surface area contributed by atoms with Crippen LogP contribution in [0.5, 0.6) is 11.5 Å². The van der Waals surface area contributed by atoms with Crippen molar-refractivity contribution in [2.75, 3.05) is 13.7 Å². The fourth-order valence-corrected chi connectivity index (χ4v) is 1.82. The number of rotatable bonds is 7. The van der Waals surface area contributed by atoms with Gasteiger partial charge in [0.15, 0.2) is 11.5 Å². The van der Waals surface area contributed by atoms with E-state index in [1.807, 2.05) is 6.07 Å². The highest BCUT2D eigenvalue weighted by Gasteiger charge is 2.14. The van der Waals surface area contributed by atoms with Gasteiger partial charge < -0.3 is 19.9 Å². The van der Waals surface area contributed by atoms with Crippen molar-refractivity contribution in [3.8, 4) is 11.5 Å². The Morgan fingerprint density at radius 1 is 1.32 bits per heavy atom. The van der Waals surface area contributed by atoms with E-state index in [2.05, 4.69) is 19.2 Å². The van der Waals surface area contributed by atoms with Crippen LogP contribution in [-0.4, -0.2) is 31.0 Å². The van der Waals surface area contributed by atoms with Crippen molar-refractivity contribution in [2.24, 2.45) is 0 Å². The summed E-state index contributed by atoms with van der Waals surface area (Å²) in [6.45, 7) is 6.65. The molecule has 4 nitrogen and oxygen atoms in total. The molecule has 1 unspecified atom stereocenters. The van der Waals surface area contributed by atoms with E-state index >= 15 is 0 Å². The Balaban J connectivity index is 2.99. The molecule has 1 aromatic rings. The maximum atomic E-state index is 9.33. The molecule has 0 saturated heterocycles. The fraction of sp³-hybridized carbons (Fsp3) is 0.571. The highest BCUT2D eigenvalue weighted by atomic mass is 35.5. The maximum Gasteiger partial charge on any atom is 0.165 e. The highest BCUT2D eigenvalue weighted by Crippen LogP contribution is 2.34. The molecule has 0 radical (unpaired) electrons. The standard InChI is InChI=1S/C14H22ClNO3/c1-9(2)16-7-11-5-12(15)6-13(18-4)14(11)19-8-10(3)17/h5-6,9-10,16-17H,7-8H2,1-4H3. The Hall–Kier alpha value is -0.970. The number of aliphatic hydroxyl groups is 1. The topological polar surface area (TPSA) is 50.7 Å². The lowest BCUT2D eigenvalue weighted by atomic mass is 10.1. The molecule has 0 heterocycles. The predicted octanol–water partition coefficient (Wildman–Crippen LogP) is 2.61. The van der Waals surface area contributed by atoms with Gasteiger partial charge in [0, 0.05) is 29.2 Å². The first-order valence-corrected chi connectivity index (χ1v) is 6.72. The van der Waals surface area contributed by atoms with Crippen LogP contribution in [0.2, 0.25) is 5.02 Å². The number of aliphatic hydroxyl groups excluding tert-OH is 1. The Labute approximate surface area is 119 Å². The summed E-state index contributed by atoms with van der Waals surface area (Å²) in [6, 6.07) is 3.91. The van der Waals surface area contributed by atoms with Crippen molar-refractivity contribution in [3.63, 3.8) is 0 Å². The summed E-state index contributed by atoms with van der Waals surface area (Å²) in [5.74, 6) is 1.20. The average molecular weight is 288 g/mol. The van der Waals surface area contributed by atoms with Crippen LogP contribution in [0.4, 0.5) is 0 Å². The smallest absolute Gasteiger partial charge is 0.165 e. The second-order valence-electron chi connectivity index (χ2n) is 4.79. The molecule has 2 N–H and O–H groups in total. The van der Waals surface area contributed by atoms with Crippen molar-refractivity contribution in [3.05, 3.63) is 22.7 Å². The van der Waals surface area contributed by atoms with Gasteiger partial charge in [-0.05, 0) is 13.0 Å². The van der Waals surface area contributed by atoms with Gasteiger partial charge in [-0.25, -0.2) is 0 Å². The van der Waals surface area contributed by atoms with Crippen LogP contribution in [-0.2, 0) is 6.54 Å². The van der Waals surface area contributed by atoms with Crippen LogP contribution in [0.3, 0.4) is 0 Å². The van der Waals surface area contributed by atoms with Crippen molar-refractivity contribution >= 4 is 11.6 Å². The summed E-state index contributed by atoms with van der Waals surface area (Å²) < 4.78 is 10.9. The molecular formula is C14H22ClNO3. The van der Waals surface area contributed by atoms with Crippen LogP contribution in [0.1, 0.15) is 26.3 Å². The number of methoxy groups -OCH3 is 1. The van der Waals surface area contributed by atoms with E-state index in [-0.39, 0.29) is 6.61 Å². The third kappa shape index (κ3) is 5.27. The number of ether oxygens (including phenoxy) is 2. The van der Waals surface area contributed by atoms with E-state index in [0.29, 0.717) is 29.1 Å². The van der Waals surface area contributed by atoms with Gasteiger partial charge in [-0.2, -0.15) is 0 Å². The lowest BCUT2D eigenvalue weighted by Gasteiger charge is -2.18. The maximum absolute atomic E-state index is 9.33. The van der Waals surface area contributed by atoms with Crippen molar-refractivity contribution in [1.82, 2.24) is 5.32 Å². The Morgan fingerprint density at radius 3 is 2.53 bits per heavy atom. The SMILES string of the molecule is COc1cc(Cl)cc(CNC(C)C)c1OCC(C)O. The zero-order chi connectivity index (χ0) is 14.4. The van der Waals surface area contributed by atoms with E-state index in [1.54, 1.807) is 20.1 Å². The number of benzene rings is 1. The Bertz CT molecular complexity index is 408. The minimum Gasteiger partial charge on any atom is -0.493 e. The first kappa shape index (κ1) is 16.1. The minimum absolute atomic E-state index is 0.215. The lowest BCUT2D eigenvalue weighted by molar-refractivity contribution is 0.120. The third-order valence-corrected chi connectivity index (χ3v) is 2.70. The van der Waals surface area contributed by atoms with Crippen LogP contribution < -0.4 is 14.8 Å². The number of nitrogens with one attached hydrogen (secondary N) is 1. The van der Waals surface area contributed by atoms with E-state index in [0.717, 1.165) is 5.56 Å². The van der Waals surface area contributed by atoms with Crippen LogP contribution in [0, 0.1) is 0 Å². The molecule has 0 aliphatic heterocycles. The molecule has 0 aliphatic rings. The monoisotopic (exact) mass is 287 g/mol. The molecule has 1 aromatic carbocycles. The van der Waals surface area contributed by atoms with Gasteiger partial charge in [0.1, 0.15) is 6.61 Å². The molecule has 1 rings (SSSR count). The van der Waals surface area contributed by atoms with E-state index in [4.69, 9.17) is 21.1 Å². The molecule has 0 aromatic heterocycles. The first-order valence-electron chi connectivity index (χ1n) is 6.34. The number of halogens is 1. The molecule has 0 bridgehead atoms. The molecule has 0 fully saturated rings. The summed E-state index contributed by atoms with van der Waals surface area (Å²) in [7, 11) is 1.57. The number of hydrogen-bond acceptors (Lipinski definition) is 4. The molecule has 1 atom stereocenters. The molecule has 0 saturated carbocycles. The van der Waals surface area contributed by atoms with Gasteiger partial charge in [-0.3, -0.25) is 0 Å². The number of hydrogen-bond donors (Lipinski definition) is 2. The largest absolute Gasteiger partial charge is 0.493 e. The molecular weight excluding hydrogens is 266 g/mol. The summed E-state index contributed by atoms with van der Waals surface area (Å²) in [4.78, 5) is 0. The van der Waals surface area contributed by atoms with Gasteiger partial charge in [0.05, 0.1) is 13.2 Å². The normalized spacial score (nSPS) is 12.6. The summed E-state index contributed by atoms with van der Waals surface area (Å²) >= 11 is 6.07. The van der Waals surface area contributed by atoms with E-state index in [9.17, 15) is 5.11 Å². The van der Waals surface area contributed by atoms with Crippen molar-refractivity contribution in [1.29, 1.82) is 0 Å². The second-order valence-corrected chi connectivity index (χ2v) is 5.23. The average Bonchev–Trinajstić information content (AvgIpc) is 2.33. The third-order valence-electron chi connectivity index (χ3n) is 2.49. The van der Waals surface area contributed by atoms with Crippen molar-refractivity contribution in [2.45, 2.75) is 39.5 Å². The quantitative estimate of drug-likeness (QED) is 0.809. The zero-order valence-corrected chi connectivity index (χ0v) is 12.6. The first-order chi connectivity index (χ1) is 8.93. The molecule has 0 amide bonds. The highest BCUT2D eigenvalue weighted by molar-refractivity contribution is 6.30. The fourth-order valence-electron chi connectivity index (χ4n) is 1.59. The Morgan fingerprint density at radius 2 is 2.00 bits per heavy atom.